The van der Waals surface area contributed by atoms with E-state index >= 15 is 0 Å². The Morgan fingerprint density at radius 3 is 2.45 bits per heavy atom. The molecule has 0 atom stereocenters. The summed E-state index contributed by atoms with van der Waals surface area (Å²) in [6, 6.07) is 2.61. The summed E-state index contributed by atoms with van der Waals surface area (Å²) < 4.78 is 27.9. The number of carbonyl (C=O) groups is 1. The first-order chi connectivity index (χ1) is 9.12. The van der Waals surface area contributed by atoms with Crippen LogP contribution in [0.5, 0.6) is 0 Å². The van der Waals surface area contributed by atoms with Crippen LogP contribution in [0.4, 0.5) is 0 Å². The Hall–Kier alpha value is -0.780. The van der Waals surface area contributed by atoms with Crippen molar-refractivity contribution >= 4 is 37.3 Å². The molecule has 0 aliphatic heterocycles. The molecule has 0 aliphatic carbocycles. The van der Waals surface area contributed by atoms with Gasteiger partial charge in [0.25, 0.3) is 9.05 Å². The van der Waals surface area contributed by atoms with E-state index in [-0.39, 0.29) is 22.1 Å². The second-order valence-corrected chi connectivity index (χ2v) is 7.77. The van der Waals surface area contributed by atoms with E-state index in [9.17, 15) is 13.2 Å². The van der Waals surface area contributed by atoms with E-state index in [0.29, 0.717) is 11.5 Å². The lowest BCUT2D eigenvalue weighted by atomic mass is 10.1. The molecule has 0 spiro atoms. The molecule has 1 rings (SSSR count). The molecule has 0 saturated heterocycles. The van der Waals surface area contributed by atoms with Gasteiger partial charge in [-0.2, -0.15) is 0 Å². The van der Waals surface area contributed by atoms with Gasteiger partial charge >= 0.3 is 5.97 Å². The topological polar surface area (TPSA) is 60.4 Å². The summed E-state index contributed by atoms with van der Waals surface area (Å²) in [5.74, 6) is -0.180. The Labute approximate surface area is 128 Å². The summed E-state index contributed by atoms with van der Waals surface area (Å²) in [5, 5.41) is 0.0127. The molecule has 7 heteroatoms. The van der Waals surface area contributed by atoms with Crippen LogP contribution < -0.4 is 0 Å². The molecule has 0 saturated carbocycles. The highest BCUT2D eigenvalue weighted by Crippen LogP contribution is 2.29. The fourth-order valence-corrected chi connectivity index (χ4v) is 3.04. The highest BCUT2D eigenvalue weighted by atomic mass is 35.7. The smallest absolute Gasteiger partial charge is 0.338 e. The molecule has 0 heterocycles. The van der Waals surface area contributed by atoms with Crippen molar-refractivity contribution in [1.82, 2.24) is 0 Å². The molecule has 0 fully saturated rings. The van der Waals surface area contributed by atoms with Crippen molar-refractivity contribution in [1.29, 1.82) is 0 Å². The first kappa shape index (κ1) is 17.3. The Balaban J connectivity index is 3.03. The molecular weight excluding hydrogens is 323 g/mol. The third-order valence-electron chi connectivity index (χ3n) is 2.65. The summed E-state index contributed by atoms with van der Waals surface area (Å²) in [5.41, 5.74) is 0.569. The second kappa shape index (κ2) is 6.78. The molecule has 1 aromatic carbocycles. The first-order valence-corrected chi connectivity index (χ1v) is 8.73. The molecule has 0 radical (unpaired) electrons. The van der Waals surface area contributed by atoms with E-state index in [1.807, 2.05) is 13.8 Å². The molecule has 4 nitrogen and oxygen atoms in total. The van der Waals surface area contributed by atoms with Crippen molar-refractivity contribution in [2.75, 3.05) is 6.61 Å². The van der Waals surface area contributed by atoms with E-state index in [1.165, 1.54) is 6.07 Å². The van der Waals surface area contributed by atoms with Crippen molar-refractivity contribution in [2.45, 2.75) is 32.1 Å². The number of carbonyl (C=O) groups excluding carboxylic acids is 1. The summed E-state index contributed by atoms with van der Waals surface area (Å²) in [7, 11) is 1.28. The minimum Gasteiger partial charge on any atom is -0.462 e. The van der Waals surface area contributed by atoms with Gasteiger partial charge in [0.05, 0.1) is 17.2 Å². The number of ether oxygens (including phenoxy) is 1. The number of aryl methyl sites for hydroxylation is 1. The molecule has 0 amide bonds. The van der Waals surface area contributed by atoms with Crippen LogP contribution in [0.1, 0.15) is 36.2 Å². The van der Waals surface area contributed by atoms with Gasteiger partial charge in [-0.25, -0.2) is 13.2 Å². The van der Waals surface area contributed by atoms with Gasteiger partial charge < -0.3 is 4.74 Å². The van der Waals surface area contributed by atoms with Crippen molar-refractivity contribution < 1.29 is 17.9 Å². The van der Waals surface area contributed by atoms with E-state index in [1.54, 1.807) is 6.92 Å². The predicted octanol–water partition coefficient (Wildman–Crippen LogP) is 3.78. The van der Waals surface area contributed by atoms with Crippen molar-refractivity contribution in [2.24, 2.45) is 5.92 Å². The van der Waals surface area contributed by atoms with Gasteiger partial charge in [0.15, 0.2) is 0 Å². The zero-order valence-electron chi connectivity index (χ0n) is 11.4. The summed E-state index contributed by atoms with van der Waals surface area (Å²) in [6.45, 7) is 5.90. The number of benzene rings is 1. The van der Waals surface area contributed by atoms with E-state index < -0.39 is 15.0 Å². The van der Waals surface area contributed by atoms with Gasteiger partial charge in [0.1, 0.15) is 4.90 Å². The number of hydrogen-bond donors (Lipinski definition) is 0. The molecule has 20 heavy (non-hydrogen) atoms. The Morgan fingerprint density at radius 1 is 1.35 bits per heavy atom. The van der Waals surface area contributed by atoms with Gasteiger partial charge in [-0.05, 0) is 37.0 Å². The normalized spacial score (nSPS) is 11.7. The number of hydrogen-bond acceptors (Lipinski definition) is 4. The highest BCUT2D eigenvalue weighted by Gasteiger charge is 2.20. The van der Waals surface area contributed by atoms with Crippen LogP contribution in [0.15, 0.2) is 17.0 Å². The molecular formula is C13H16Cl2O4S. The fourth-order valence-electron chi connectivity index (χ4n) is 1.50. The lowest BCUT2D eigenvalue weighted by molar-refractivity contribution is 0.0487. The second-order valence-electron chi connectivity index (χ2n) is 4.86. The summed E-state index contributed by atoms with van der Waals surface area (Å²) in [6.07, 6.45) is 0.735. The molecule has 112 valence electrons. The zero-order chi connectivity index (χ0) is 15.5. The standard InChI is InChI=1S/C13H16Cl2O4S/c1-8(2)4-5-19-13(16)10-6-9(3)12(14)11(7-10)20(15,17)18/h6-8H,4-5H2,1-3H3. The third kappa shape index (κ3) is 4.65. The molecule has 0 unspecified atom stereocenters. The number of esters is 1. The van der Waals surface area contributed by atoms with Crippen molar-refractivity contribution in [3.05, 3.63) is 28.3 Å². The van der Waals surface area contributed by atoms with Crippen LogP contribution in [0.2, 0.25) is 5.02 Å². The van der Waals surface area contributed by atoms with Gasteiger partial charge in [0.2, 0.25) is 0 Å². The molecule has 1 aromatic rings. The fraction of sp³-hybridized carbons (Fsp3) is 0.462. The van der Waals surface area contributed by atoms with Gasteiger partial charge in [-0.15, -0.1) is 0 Å². The lowest BCUT2D eigenvalue weighted by Gasteiger charge is -2.10. The Kier molecular flexibility index (Phi) is 5.86. The highest BCUT2D eigenvalue weighted by molar-refractivity contribution is 8.13. The largest absolute Gasteiger partial charge is 0.462 e. The van der Waals surface area contributed by atoms with Gasteiger partial charge in [0, 0.05) is 10.7 Å². The van der Waals surface area contributed by atoms with Crippen LogP contribution in [-0.2, 0) is 13.8 Å². The molecule has 0 aliphatic rings. The average Bonchev–Trinajstić information content (AvgIpc) is 2.30. The third-order valence-corrected chi connectivity index (χ3v) is 4.61. The van der Waals surface area contributed by atoms with Crippen molar-refractivity contribution in [3.8, 4) is 0 Å². The van der Waals surface area contributed by atoms with E-state index in [4.69, 9.17) is 27.0 Å². The zero-order valence-corrected chi connectivity index (χ0v) is 13.8. The maximum absolute atomic E-state index is 11.9. The number of halogens is 2. The molecule has 0 N–H and O–H groups in total. The monoisotopic (exact) mass is 338 g/mol. The van der Waals surface area contributed by atoms with E-state index in [2.05, 4.69) is 0 Å². The van der Waals surface area contributed by atoms with Gasteiger partial charge in [-0.3, -0.25) is 0 Å². The molecule has 0 bridgehead atoms. The number of rotatable bonds is 5. The maximum atomic E-state index is 11.9. The Bertz CT molecular complexity index is 609. The van der Waals surface area contributed by atoms with Crippen LogP contribution in [-0.4, -0.2) is 21.0 Å². The van der Waals surface area contributed by atoms with Gasteiger partial charge in [-0.1, -0.05) is 25.4 Å². The summed E-state index contributed by atoms with van der Waals surface area (Å²) >= 11 is 5.88. The lowest BCUT2D eigenvalue weighted by Crippen LogP contribution is -2.09. The minimum atomic E-state index is -4.01. The Morgan fingerprint density at radius 2 is 1.95 bits per heavy atom. The van der Waals surface area contributed by atoms with E-state index in [0.717, 1.165) is 12.5 Å². The SMILES string of the molecule is Cc1cc(C(=O)OCCC(C)C)cc(S(=O)(=O)Cl)c1Cl. The maximum Gasteiger partial charge on any atom is 0.338 e. The van der Waals surface area contributed by atoms with Crippen LogP contribution in [0.3, 0.4) is 0 Å². The summed E-state index contributed by atoms with van der Waals surface area (Å²) in [4.78, 5) is 11.6. The quantitative estimate of drug-likeness (QED) is 0.605. The predicted molar refractivity (Wildman–Crippen MR) is 79.0 cm³/mol. The van der Waals surface area contributed by atoms with Crippen LogP contribution in [0.25, 0.3) is 0 Å². The minimum absolute atomic E-state index is 0.0127. The van der Waals surface area contributed by atoms with Crippen LogP contribution >= 0.6 is 22.3 Å². The first-order valence-electron chi connectivity index (χ1n) is 6.05. The van der Waals surface area contributed by atoms with Crippen LogP contribution in [0, 0.1) is 12.8 Å². The van der Waals surface area contributed by atoms with Crippen molar-refractivity contribution in [3.63, 3.8) is 0 Å². The molecule has 0 aromatic heterocycles. The average molecular weight is 339 g/mol.